The molecule has 0 heterocycles. The molecule has 0 amide bonds. The lowest BCUT2D eigenvalue weighted by atomic mass is 10.2. The van der Waals surface area contributed by atoms with Gasteiger partial charge in [-0.1, -0.05) is 17.3 Å². The first-order valence-electron chi connectivity index (χ1n) is 5.33. The van der Waals surface area contributed by atoms with Crippen LogP contribution in [0.4, 0.5) is 5.69 Å². The average molecular weight is 288 g/mol. The van der Waals surface area contributed by atoms with Gasteiger partial charge in [-0.25, -0.2) is 0 Å². The van der Waals surface area contributed by atoms with E-state index in [1.165, 1.54) is 13.2 Å². The number of nitrogens with two attached hydrogens (primary N) is 1. The third-order valence-electron chi connectivity index (χ3n) is 2.12. The van der Waals surface area contributed by atoms with Gasteiger partial charge in [0.05, 0.1) is 12.3 Å². The third kappa shape index (κ3) is 5.12. The molecule has 0 bridgehead atoms. The van der Waals surface area contributed by atoms with Crippen molar-refractivity contribution in [2.45, 2.75) is 0 Å². The smallest absolute Gasteiger partial charge is 0.299 e. The van der Waals surface area contributed by atoms with Gasteiger partial charge in [0.1, 0.15) is 0 Å². The minimum atomic E-state index is -3.68. The van der Waals surface area contributed by atoms with Crippen LogP contribution in [-0.4, -0.2) is 39.7 Å². The number of amidine groups is 1. The van der Waals surface area contributed by atoms with Crippen LogP contribution in [-0.2, 0) is 14.9 Å². The molecule has 1 aromatic carbocycles. The van der Waals surface area contributed by atoms with Gasteiger partial charge in [-0.05, 0) is 12.1 Å². The first kappa shape index (κ1) is 15.2. The highest BCUT2D eigenvalue weighted by Crippen LogP contribution is 2.11. The van der Waals surface area contributed by atoms with E-state index in [0.717, 1.165) is 0 Å². The second-order valence-corrected chi connectivity index (χ2v) is 5.06. The Balaban J connectivity index is 2.77. The zero-order valence-corrected chi connectivity index (χ0v) is 11.1. The van der Waals surface area contributed by atoms with Crippen LogP contribution in [0.3, 0.4) is 0 Å². The molecule has 5 N–H and O–H groups in total. The fraction of sp³-hybridized carbons (Fsp3) is 0.300. The van der Waals surface area contributed by atoms with E-state index < -0.39 is 10.2 Å². The summed E-state index contributed by atoms with van der Waals surface area (Å²) in [6, 6.07) is 6.17. The molecule has 0 aromatic heterocycles. The Morgan fingerprint density at radius 1 is 1.53 bits per heavy atom. The second kappa shape index (κ2) is 6.92. The van der Waals surface area contributed by atoms with Crippen molar-refractivity contribution in [3.05, 3.63) is 29.8 Å². The largest absolute Gasteiger partial charge is 0.409 e. The Morgan fingerprint density at radius 2 is 2.26 bits per heavy atom. The van der Waals surface area contributed by atoms with Gasteiger partial charge in [0, 0.05) is 19.2 Å². The average Bonchev–Trinajstić information content (AvgIpc) is 2.37. The molecule has 1 aromatic rings. The van der Waals surface area contributed by atoms with Crippen LogP contribution in [0.1, 0.15) is 5.56 Å². The van der Waals surface area contributed by atoms with E-state index in [2.05, 4.69) is 14.6 Å². The lowest BCUT2D eigenvalue weighted by Crippen LogP contribution is -2.32. The van der Waals surface area contributed by atoms with Gasteiger partial charge in [-0.3, -0.25) is 4.72 Å². The third-order valence-corrected chi connectivity index (χ3v) is 3.21. The predicted octanol–water partition coefficient (Wildman–Crippen LogP) is -0.326. The fourth-order valence-corrected chi connectivity index (χ4v) is 2.13. The molecule has 0 aliphatic heterocycles. The van der Waals surface area contributed by atoms with E-state index in [1.54, 1.807) is 18.2 Å². The van der Waals surface area contributed by atoms with Crippen molar-refractivity contribution < 1.29 is 18.4 Å². The monoisotopic (exact) mass is 288 g/mol. The second-order valence-electron chi connectivity index (χ2n) is 3.56. The summed E-state index contributed by atoms with van der Waals surface area (Å²) in [4.78, 5) is 0. The number of benzene rings is 1. The summed E-state index contributed by atoms with van der Waals surface area (Å²) in [6.45, 7) is 0.427. The summed E-state index contributed by atoms with van der Waals surface area (Å²) in [5.74, 6) is -0.103. The molecule has 8 nitrogen and oxygen atoms in total. The zero-order chi connectivity index (χ0) is 14.3. The van der Waals surface area contributed by atoms with E-state index in [1.807, 2.05) is 0 Å². The van der Waals surface area contributed by atoms with Crippen LogP contribution < -0.4 is 15.2 Å². The summed E-state index contributed by atoms with van der Waals surface area (Å²) in [6.07, 6.45) is 0. The number of ether oxygens (including phenoxy) is 1. The molecule has 0 aliphatic rings. The highest BCUT2D eigenvalue weighted by molar-refractivity contribution is 7.90. The molecule has 0 atom stereocenters. The summed E-state index contributed by atoms with van der Waals surface area (Å²) in [7, 11) is -2.20. The molecule has 0 saturated carbocycles. The molecule has 0 aliphatic carbocycles. The number of hydrogen-bond donors (Lipinski definition) is 4. The highest BCUT2D eigenvalue weighted by Gasteiger charge is 2.09. The maximum Gasteiger partial charge on any atom is 0.299 e. The Labute approximate surface area is 111 Å². The van der Waals surface area contributed by atoms with Crippen LogP contribution >= 0.6 is 0 Å². The zero-order valence-electron chi connectivity index (χ0n) is 10.3. The maximum absolute atomic E-state index is 11.6. The standard InChI is InChI=1S/C10H16N4O4S/c1-18-6-5-12-19(16,17)14-9-4-2-3-8(7-9)10(11)13-15/h2-4,7,12,14-15H,5-6H2,1H3,(H2,11,13). The van der Waals surface area contributed by atoms with E-state index in [0.29, 0.717) is 11.3 Å². The van der Waals surface area contributed by atoms with Crippen molar-refractivity contribution in [2.24, 2.45) is 10.9 Å². The van der Waals surface area contributed by atoms with Crippen molar-refractivity contribution in [3.8, 4) is 0 Å². The molecular formula is C10H16N4O4S. The quantitative estimate of drug-likeness (QED) is 0.180. The van der Waals surface area contributed by atoms with Gasteiger partial charge in [0.2, 0.25) is 0 Å². The molecule has 9 heteroatoms. The van der Waals surface area contributed by atoms with Gasteiger partial charge in [-0.2, -0.15) is 13.1 Å². The molecule has 0 saturated heterocycles. The summed E-state index contributed by atoms with van der Waals surface area (Å²) >= 11 is 0. The summed E-state index contributed by atoms with van der Waals surface area (Å²) in [5, 5.41) is 11.4. The Morgan fingerprint density at radius 3 is 2.89 bits per heavy atom. The van der Waals surface area contributed by atoms with Crippen molar-refractivity contribution >= 4 is 21.7 Å². The summed E-state index contributed by atoms with van der Waals surface area (Å²) < 4.78 is 32.6. The van der Waals surface area contributed by atoms with E-state index in [9.17, 15) is 8.42 Å². The number of rotatable bonds is 7. The molecular weight excluding hydrogens is 272 g/mol. The van der Waals surface area contributed by atoms with Crippen LogP contribution in [0.25, 0.3) is 0 Å². The molecule has 0 spiro atoms. The van der Waals surface area contributed by atoms with Gasteiger partial charge in [0.25, 0.3) is 10.2 Å². The number of hydrogen-bond acceptors (Lipinski definition) is 5. The number of methoxy groups -OCH3 is 1. The van der Waals surface area contributed by atoms with Gasteiger partial charge >= 0.3 is 0 Å². The van der Waals surface area contributed by atoms with Crippen molar-refractivity contribution in [1.29, 1.82) is 0 Å². The minimum Gasteiger partial charge on any atom is -0.409 e. The SMILES string of the molecule is COCCNS(=O)(=O)Nc1cccc(/C(N)=N/O)c1. The molecule has 1 rings (SSSR count). The van der Waals surface area contributed by atoms with Crippen molar-refractivity contribution in [1.82, 2.24) is 4.72 Å². The maximum atomic E-state index is 11.6. The Hall–Kier alpha value is -1.84. The van der Waals surface area contributed by atoms with Crippen LogP contribution in [0.5, 0.6) is 0 Å². The van der Waals surface area contributed by atoms with E-state index in [4.69, 9.17) is 15.7 Å². The topological polar surface area (TPSA) is 126 Å². The lowest BCUT2D eigenvalue weighted by Gasteiger charge is -2.09. The molecule has 0 fully saturated rings. The van der Waals surface area contributed by atoms with Gasteiger partial charge in [-0.15, -0.1) is 0 Å². The highest BCUT2D eigenvalue weighted by atomic mass is 32.2. The van der Waals surface area contributed by atoms with Crippen molar-refractivity contribution in [3.63, 3.8) is 0 Å². The Kier molecular flexibility index (Phi) is 5.55. The fourth-order valence-electron chi connectivity index (χ4n) is 1.27. The normalized spacial score (nSPS) is 12.4. The summed E-state index contributed by atoms with van der Waals surface area (Å²) in [5.41, 5.74) is 6.12. The number of anilines is 1. The first-order valence-corrected chi connectivity index (χ1v) is 6.81. The lowest BCUT2D eigenvalue weighted by molar-refractivity contribution is 0.204. The first-order chi connectivity index (χ1) is 8.98. The Bertz CT molecular complexity index is 544. The predicted molar refractivity (Wildman–Crippen MR) is 71.4 cm³/mol. The van der Waals surface area contributed by atoms with Crippen LogP contribution in [0, 0.1) is 0 Å². The molecule has 19 heavy (non-hydrogen) atoms. The van der Waals surface area contributed by atoms with Crippen molar-refractivity contribution in [2.75, 3.05) is 25.0 Å². The molecule has 0 radical (unpaired) electrons. The molecule has 0 unspecified atom stereocenters. The van der Waals surface area contributed by atoms with Gasteiger partial charge < -0.3 is 15.7 Å². The number of oxime groups is 1. The van der Waals surface area contributed by atoms with Crippen LogP contribution in [0.15, 0.2) is 29.4 Å². The van der Waals surface area contributed by atoms with Gasteiger partial charge in [0.15, 0.2) is 5.84 Å². The van der Waals surface area contributed by atoms with E-state index in [-0.39, 0.29) is 19.0 Å². The van der Waals surface area contributed by atoms with Crippen LogP contribution in [0.2, 0.25) is 0 Å². The number of nitrogens with one attached hydrogen (secondary N) is 2. The molecule has 106 valence electrons. The number of nitrogens with zero attached hydrogens (tertiary/aromatic N) is 1. The minimum absolute atomic E-state index is 0.103. The van der Waals surface area contributed by atoms with E-state index >= 15 is 0 Å².